The molecule has 0 aromatic heterocycles. The second-order valence-corrected chi connectivity index (χ2v) is 7.75. The highest BCUT2D eigenvalue weighted by Gasteiger charge is 2.38. The van der Waals surface area contributed by atoms with Crippen molar-refractivity contribution in [1.82, 2.24) is 4.90 Å². The Balaban J connectivity index is 1.59. The molecular formula is C24H27N3O4. The van der Waals surface area contributed by atoms with Crippen molar-refractivity contribution < 1.29 is 19.1 Å². The average molecular weight is 421 g/mol. The number of hydrogen-bond donors (Lipinski definition) is 1. The molecule has 0 saturated carbocycles. The molecule has 0 unspecified atom stereocenters. The van der Waals surface area contributed by atoms with Crippen LogP contribution in [0.25, 0.3) is 0 Å². The molecule has 1 fully saturated rings. The Bertz CT molecular complexity index is 1020. The number of benzene rings is 2. The first-order chi connectivity index (χ1) is 15.0. The van der Waals surface area contributed by atoms with Crippen molar-refractivity contribution >= 4 is 29.2 Å². The van der Waals surface area contributed by atoms with Gasteiger partial charge < -0.3 is 19.9 Å². The van der Waals surface area contributed by atoms with Gasteiger partial charge in [0.05, 0.1) is 23.4 Å². The lowest BCUT2D eigenvalue weighted by Crippen LogP contribution is -2.57. The monoisotopic (exact) mass is 421 g/mol. The van der Waals surface area contributed by atoms with Crippen LogP contribution >= 0.6 is 0 Å². The summed E-state index contributed by atoms with van der Waals surface area (Å²) in [4.78, 5) is 42.0. The molecule has 0 bridgehead atoms. The van der Waals surface area contributed by atoms with Crippen LogP contribution in [0.2, 0.25) is 0 Å². The van der Waals surface area contributed by atoms with Crippen molar-refractivity contribution in [2.75, 3.05) is 29.9 Å². The maximum absolute atomic E-state index is 13.0. The molecule has 162 valence electrons. The molecule has 2 aliphatic rings. The minimum Gasteiger partial charge on any atom is -0.462 e. The minimum absolute atomic E-state index is 0.0403. The summed E-state index contributed by atoms with van der Waals surface area (Å²) in [6, 6.07) is 11.9. The van der Waals surface area contributed by atoms with Crippen molar-refractivity contribution in [1.29, 1.82) is 0 Å². The van der Waals surface area contributed by atoms with Crippen LogP contribution in [0.3, 0.4) is 0 Å². The van der Waals surface area contributed by atoms with Crippen LogP contribution in [0.1, 0.15) is 64.2 Å². The number of piperidine rings is 1. The third-order valence-corrected chi connectivity index (χ3v) is 5.86. The summed E-state index contributed by atoms with van der Waals surface area (Å²) >= 11 is 0. The van der Waals surface area contributed by atoms with Crippen molar-refractivity contribution in [2.24, 2.45) is 0 Å². The number of ether oxygens (including phenoxy) is 1. The molecule has 7 heteroatoms. The Hall–Kier alpha value is -3.35. The number of hydrogen-bond acceptors (Lipinski definition) is 5. The predicted octanol–water partition coefficient (Wildman–Crippen LogP) is 3.91. The number of anilines is 2. The molecule has 31 heavy (non-hydrogen) atoms. The zero-order valence-corrected chi connectivity index (χ0v) is 17.9. The normalized spacial score (nSPS) is 17.6. The first kappa shape index (κ1) is 20.9. The molecule has 2 aromatic rings. The highest BCUT2D eigenvalue weighted by Crippen LogP contribution is 2.35. The van der Waals surface area contributed by atoms with E-state index >= 15 is 0 Å². The first-order valence-corrected chi connectivity index (χ1v) is 10.8. The summed E-state index contributed by atoms with van der Waals surface area (Å²) < 4.78 is 5.02. The van der Waals surface area contributed by atoms with Crippen LogP contribution in [-0.2, 0) is 4.74 Å². The quantitative estimate of drug-likeness (QED) is 0.741. The van der Waals surface area contributed by atoms with Crippen molar-refractivity contribution in [2.45, 2.75) is 39.3 Å². The topological polar surface area (TPSA) is 79.0 Å². The fraction of sp³-hybridized carbons (Fsp3) is 0.375. The van der Waals surface area contributed by atoms with Gasteiger partial charge in [0.2, 0.25) is 0 Å². The number of nitrogens with zero attached hydrogens (tertiary/aromatic N) is 2. The molecule has 0 radical (unpaired) electrons. The summed E-state index contributed by atoms with van der Waals surface area (Å²) in [6.45, 7) is 5.64. The molecule has 2 aliphatic heterocycles. The number of amides is 2. The van der Waals surface area contributed by atoms with Gasteiger partial charge in [0.1, 0.15) is 6.17 Å². The lowest BCUT2D eigenvalue weighted by atomic mass is 9.97. The third kappa shape index (κ3) is 4.00. The van der Waals surface area contributed by atoms with E-state index in [-0.39, 0.29) is 24.6 Å². The molecule has 7 nitrogen and oxygen atoms in total. The number of esters is 1. The Morgan fingerprint density at radius 3 is 2.71 bits per heavy atom. The van der Waals surface area contributed by atoms with Gasteiger partial charge in [-0.2, -0.15) is 0 Å². The smallest absolute Gasteiger partial charge is 0.338 e. The van der Waals surface area contributed by atoms with Gasteiger partial charge in [-0.1, -0.05) is 6.07 Å². The lowest BCUT2D eigenvalue weighted by Gasteiger charge is -2.47. The highest BCUT2D eigenvalue weighted by atomic mass is 16.5. The molecular weight excluding hydrogens is 394 g/mol. The number of rotatable bonds is 5. The third-order valence-electron chi connectivity index (χ3n) is 5.86. The van der Waals surface area contributed by atoms with E-state index in [1.54, 1.807) is 49.4 Å². The molecule has 1 atom stereocenters. The van der Waals surface area contributed by atoms with E-state index in [1.807, 2.05) is 4.90 Å². The van der Waals surface area contributed by atoms with Crippen LogP contribution in [0.5, 0.6) is 0 Å². The van der Waals surface area contributed by atoms with Crippen LogP contribution in [-0.4, -0.2) is 48.5 Å². The Morgan fingerprint density at radius 1 is 1.10 bits per heavy atom. The number of carbonyl (C=O) groups excluding carboxylic acids is 3. The van der Waals surface area contributed by atoms with Crippen molar-refractivity contribution in [3.63, 3.8) is 0 Å². The molecule has 4 rings (SSSR count). The molecule has 1 saturated heterocycles. The van der Waals surface area contributed by atoms with Crippen LogP contribution in [0.4, 0.5) is 11.4 Å². The van der Waals surface area contributed by atoms with E-state index in [0.717, 1.165) is 38.0 Å². The SMILES string of the molecule is CCOC(=O)c1cccc(NC(=O)c2ccc3c(c2)N(CC)[C@H]2CCCCN2C3=O)c1. The standard InChI is InChI=1S/C24H27N3O4/c1-3-26-20-15-16(11-12-19(20)23(29)27-13-6-5-10-21(26)27)22(28)25-18-9-7-8-17(14-18)24(30)31-4-2/h7-9,11-12,14-15,21H,3-6,10,13H2,1-2H3,(H,25,28)/t21-/m1/s1. The zero-order chi connectivity index (χ0) is 22.0. The van der Waals surface area contributed by atoms with Gasteiger partial charge in [-0.25, -0.2) is 4.79 Å². The molecule has 0 spiro atoms. The van der Waals surface area contributed by atoms with Crippen LogP contribution in [0.15, 0.2) is 42.5 Å². The molecule has 1 N–H and O–H groups in total. The van der Waals surface area contributed by atoms with Gasteiger partial charge in [-0.15, -0.1) is 0 Å². The zero-order valence-electron chi connectivity index (χ0n) is 17.9. The number of carbonyl (C=O) groups is 3. The second-order valence-electron chi connectivity index (χ2n) is 7.75. The van der Waals surface area contributed by atoms with E-state index in [4.69, 9.17) is 4.74 Å². The second kappa shape index (κ2) is 8.79. The van der Waals surface area contributed by atoms with Gasteiger partial charge in [-0.3, -0.25) is 9.59 Å². The van der Waals surface area contributed by atoms with Crippen molar-refractivity contribution in [3.05, 3.63) is 59.2 Å². The van der Waals surface area contributed by atoms with E-state index in [0.29, 0.717) is 22.4 Å². The highest BCUT2D eigenvalue weighted by molar-refractivity contribution is 6.08. The molecule has 2 amide bonds. The van der Waals surface area contributed by atoms with Gasteiger partial charge in [0.25, 0.3) is 11.8 Å². The van der Waals surface area contributed by atoms with Gasteiger partial charge >= 0.3 is 5.97 Å². The summed E-state index contributed by atoms with van der Waals surface area (Å²) in [5, 5.41) is 2.84. The molecule has 2 aromatic carbocycles. The summed E-state index contributed by atoms with van der Waals surface area (Å²) in [5.41, 5.74) is 2.81. The predicted molar refractivity (Wildman–Crippen MR) is 118 cm³/mol. The lowest BCUT2D eigenvalue weighted by molar-refractivity contribution is 0.0525. The van der Waals surface area contributed by atoms with E-state index < -0.39 is 5.97 Å². The van der Waals surface area contributed by atoms with E-state index in [1.165, 1.54) is 0 Å². The fourth-order valence-corrected chi connectivity index (χ4v) is 4.40. The maximum Gasteiger partial charge on any atom is 0.338 e. The molecule has 0 aliphatic carbocycles. The summed E-state index contributed by atoms with van der Waals surface area (Å²) in [6.07, 6.45) is 3.12. The Labute approximate surface area is 182 Å². The summed E-state index contributed by atoms with van der Waals surface area (Å²) in [5.74, 6) is -0.682. The van der Waals surface area contributed by atoms with E-state index in [9.17, 15) is 14.4 Å². The van der Waals surface area contributed by atoms with Crippen molar-refractivity contribution in [3.8, 4) is 0 Å². The average Bonchev–Trinajstić information content (AvgIpc) is 2.79. The fourth-order valence-electron chi connectivity index (χ4n) is 4.40. The van der Waals surface area contributed by atoms with E-state index in [2.05, 4.69) is 17.1 Å². The Kier molecular flexibility index (Phi) is 5.93. The Morgan fingerprint density at radius 2 is 1.94 bits per heavy atom. The maximum atomic E-state index is 13.0. The van der Waals surface area contributed by atoms with Gasteiger partial charge in [0.15, 0.2) is 0 Å². The minimum atomic E-state index is -0.429. The first-order valence-electron chi connectivity index (χ1n) is 10.8. The van der Waals surface area contributed by atoms with Gasteiger partial charge in [-0.05, 0) is 69.5 Å². The largest absolute Gasteiger partial charge is 0.462 e. The number of fused-ring (bicyclic) bond motifs is 2. The van der Waals surface area contributed by atoms with Crippen LogP contribution in [0, 0.1) is 0 Å². The van der Waals surface area contributed by atoms with Gasteiger partial charge in [0, 0.05) is 24.3 Å². The van der Waals surface area contributed by atoms with Crippen LogP contribution < -0.4 is 10.2 Å². The number of nitrogens with one attached hydrogen (secondary N) is 1. The molecule has 2 heterocycles. The summed E-state index contributed by atoms with van der Waals surface area (Å²) in [7, 11) is 0.